The minimum atomic E-state index is 0.334. The van der Waals surface area contributed by atoms with Crippen molar-refractivity contribution in [2.45, 2.75) is 64.7 Å². The zero-order valence-electron chi connectivity index (χ0n) is 10.3. The van der Waals surface area contributed by atoms with Gasteiger partial charge in [0, 0.05) is 17.0 Å². The van der Waals surface area contributed by atoms with E-state index < -0.39 is 0 Å². The van der Waals surface area contributed by atoms with E-state index in [1.54, 1.807) is 0 Å². The van der Waals surface area contributed by atoms with Crippen LogP contribution < -0.4 is 0 Å². The van der Waals surface area contributed by atoms with Gasteiger partial charge in [0.2, 0.25) is 0 Å². The molecule has 1 aromatic rings. The number of hydrogen-bond acceptors (Lipinski definition) is 2. The standard InChI is InChI=1S/C13H23NS/c1-4-6-8-13(3,9-7-5-2)12-14-10-11-15-12/h10-11H,4-9H2,1-3H3. The van der Waals surface area contributed by atoms with Crippen LogP contribution in [0.25, 0.3) is 0 Å². The van der Waals surface area contributed by atoms with Crippen LogP contribution in [0.1, 0.15) is 64.3 Å². The molecule has 1 heterocycles. The van der Waals surface area contributed by atoms with Crippen molar-refractivity contribution in [3.63, 3.8) is 0 Å². The van der Waals surface area contributed by atoms with Crippen LogP contribution in [0.2, 0.25) is 0 Å². The molecule has 86 valence electrons. The van der Waals surface area contributed by atoms with E-state index in [9.17, 15) is 0 Å². The summed E-state index contributed by atoms with van der Waals surface area (Å²) in [6, 6.07) is 0. The number of unbranched alkanes of at least 4 members (excludes halogenated alkanes) is 2. The van der Waals surface area contributed by atoms with Crippen LogP contribution in [0, 0.1) is 0 Å². The van der Waals surface area contributed by atoms with Crippen molar-refractivity contribution in [1.82, 2.24) is 4.98 Å². The van der Waals surface area contributed by atoms with Gasteiger partial charge in [0.1, 0.15) is 0 Å². The van der Waals surface area contributed by atoms with Gasteiger partial charge in [0.25, 0.3) is 0 Å². The minimum absolute atomic E-state index is 0.334. The highest BCUT2D eigenvalue weighted by molar-refractivity contribution is 7.09. The molecule has 1 aromatic heterocycles. The molecule has 0 amide bonds. The van der Waals surface area contributed by atoms with Gasteiger partial charge in [-0.05, 0) is 12.8 Å². The molecule has 0 bridgehead atoms. The summed E-state index contributed by atoms with van der Waals surface area (Å²) in [6.45, 7) is 6.92. The average Bonchev–Trinajstić information content (AvgIpc) is 2.77. The van der Waals surface area contributed by atoms with Gasteiger partial charge in [-0.25, -0.2) is 4.98 Å². The average molecular weight is 225 g/mol. The van der Waals surface area contributed by atoms with Gasteiger partial charge >= 0.3 is 0 Å². The van der Waals surface area contributed by atoms with Crippen molar-refractivity contribution in [2.75, 3.05) is 0 Å². The molecular weight excluding hydrogens is 202 g/mol. The normalized spacial score (nSPS) is 11.9. The third kappa shape index (κ3) is 3.60. The fourth-order valence-corrected chi connectivity index (χ4v) is 2.86. The lowest BCUT2D eigenvalue weighted by Crippen LogP contribution is -2.21. The monoisotopic (exact) mass is 225 g/mol. The van der Waals surface area contributed by atoms with E-state index in [4.69, 9.17) is 0 Å². The quantitative estimate of drug-likeness (QED) is 0.650. The Hall–Kier alpha value is -0.370. The van der Waals surface area contributed by atoms with E-state index in [1.807, 2.05) is 17.5 Å². The van der Waals surface area contributed by atoms with Crippen LogP contribution in [0.3, 0.4) is 0 Å². The molecule has 0 aliphatic rings. The SMILES string of the molecule is CCCCC(C)(CCCC)c1nccs1. The number of thiazole rings is 1. The Morgan fingerprint density at radius 2 is 1.80 bits per heavy atom. The van der Waals surface area contributed by atoms with Gasteiger partial charge in [-0.15, -0.1) is 11.3 Å². The smallest absolute Gasteiger partial charge is 0.0983 e. The summed E-state index contributed by atoms with van der Waals surface area (Å²) < 4.78 is 0. The molecule has 0 saturated heterocycles. The lowest BCUT2D eigenvalue weighted by molar-refractivity contribution is 0.373. The molecule has 0 aliphatic heterocycles. The van der Waals surface area contributed by atoms with Crippen LogP contribution in [0.5, 0.6) is 0 Å². The first-order chi connectivity index (χ1) is 7.23. The highest BCUT2D eigenvalue weighted by Gasteiger charge is 2.27. The maximum atomic E-state index is 4.51. The van der Waals surface area contributed by atoms with E-state index in [1.165, 1.54) is 43.5 Å². The summed E-state index contributed by atoms with van der Waals surface area (Å²) in [4.78, 5) is 4.51. The van der Waals surface area contributed by atoms with Crippen molar-refractivity contribution in [3.8, 4) is 0 Å². The fraction of sp³-hybridized carbons (Fsp3) is 0.769. The molecule has 0 spiro atoms. The fourth-order valence-electron chi connectivity index (χ4n) is 1.99. The first kappa shape index (κ1) is 12.7. The Morgan fingerprint density at radius 1 is 1.20 bits per heavy atom. The van der Waals surface area contributed by atoms with E-state index in [0.29, 0.717) is 5.41 Å². The second-order valence-corrected chi connectivity index (χ2v) is 5.50. The maximum Gasteiger partial charge on any atom is 0.0983 e. The lowest BCUT2D eigenvalue weighted by Gasteiger charge is -2.27. The Balaban J connectivity index is 2.67. The Morgan fingerprint density at radius 3 is 2.20 bits per heavy atom. The predicted octanol–water partition coefficient (Wildman–Crippen LogP) is 4.78. The highest BCUT2D eigenvalue weighted by Crippen LogP contribution is 2.35. The van der Waals surface area contributed by atoms with Crippen molar-refractivity contribution in [3.05, 3.63) is 16.6 Å². The van der Waals surface area contributed by atoms with Gasteiger partial charge in [-0.1, -0.05) is 46.5 Å². The molecule has 0 fully saturated rings. The van der Waals surface area contributed by atoms with Crippen molar-refractivity contribution >= 4 is 11.3 Å². The Labute approximate surface area is 97.9 Å². The van der Waals surface area contributed by atoms with E-state index in [-0.39, 0.29) is 0 Å². The third-order valence-corrected chi connectivity index (χ3v) is 4.19. The maximum absolute atomic E-state index is 4.51. The summed E-state index contributed by atoms with van der Waals surface area (Å²) in [6.07, 6.45) is 9.73. The second kappa shape index (κ2) is 6.26. The first-order valence-electron chi connectivity index (χ1n) is 6.13. The summed E-state index contributed by atoms with van der Waals surface area (Å²) >= 11 is 1.82. The Bertz CT molecular complexity index is 246. The molecule has 15 heavy (non-hydrogen) atoms. The molecule has 0 unspecified atom stereocenters. The lowest BCUT2D eigenvalue weighted by atomic mass is 9.81. The zero-order chi connectivity index (χ0) is 11.1. The number of hydrogen-bond donors (Lipinski definition) is 0. The molecule has 0 aromatic carbocycles. The van der Waals surface area contributed by atoms with E-state index >= 15 is 0 Å². The van der Waals surface area contributed by atoms with Crippen molar-refractivity contribution in [1.29, 1.82) is 0 Å². The van der Waals surface area contributed by atoms with Crippen LogP contribution in [-0.4, -0.2) is 4.98 Å². The summed E-state index contributed by atoms with van der Waals surface area (Å²) in [5.74, 6) is 0. The van der Waals surface area contributed by atoms with Crippen molar-refractivity contribution in [2.24, 2.45) is 0 Å². The number of rotatable bonds is 7. The van der Waals surface area contributed by atoms with Crippen LogP contribution >= 0.6 is 11.3 Å². The Kier molecular flexibility index (Phi) is 5.30. The van der Waals surface area contributed by atoms with E-state index in [0.717, 1.165) is 0 Å². The summed E-state index contributed by atoms with van der Waals surface area (Å²) in [5, 5.41) is 3.44. The molecule has 0 aliphatic carbocycles. The zero-order valence-corrected chi connectivity index (χ0v) is 11.1. The molecule has 0 saturated carbocycles. The van der Waals surface area contributed by atoms with Gasteiger partial charge in [0.15, 0.2) is 0 Å². The van der Waals surface area contributed by atoms with E-state index in [2.05, 4.69) is 31.1 Å². The molecule has 0 atom stereocenters. The van der Waals surface area contributed by atoms with Crippen molar-refractivity contribution < 1.29 is 0 Å². The summed E-state index contributed by atoms with van der Waals surface area (Å²) in [7, 11) is 0. The molecule has 0 N–H and O–H groups in total. The minimum Gasteiger partial charge on any atom is -0.249 e. The molecular formula is C13H23NS. The summed E-state index contributed by atoms with van der Waals surface area (Å²) in [5.41, 5.74) is 0.334. The first-order valence-corrected chi connectivity index (χ1v) is 7.01. The molecule has 1 rings (SSSR count). The number of aromatic nitrogens is 1. The van der Waals surface area contributed by atoms with Gasteiger partial charge in [-0.2, -0.15) is 0 Å². The number of nitrogens with zero attached hydrogens (tertiary/aromatic N) is 1. The predicted molar refractivity (Wildman–Crippen MR) is 68.5 cm³/mol. The van der Waals surface area contributed by atoms with Crippen LogP contribution in [0.4, 0.5) is 0 Å². The van der Waals surface area contributed by atoms with Crippen LogP contribution in [0.15, 0.2) is 11.6 Å². The largest absolute Gasteiger partial charge is 0.249 e. The van der Waals surface area contributed by atoms with Gasteiger partial charge in [-0.3, -0.25) is 0 Å². The molecule has 1 nitrogen and oxygen atoms in total. The van der Waals surface area contributed by atoms with Gasteiger partial charge in [0.05, 0.1) is 5.01 Å². The molecule has 0 radical (unpaired) electrons. The van der Waals surface area contributed by atoms with Gasteiger partial charge < -0.3 is 0 Å². The van der Waals surface area contributed by atoms with Crippen LogP contribution in [-0.2, 0) is 5.41 Å². The highest BCUT2D eigenvalue weighted by atomic mass is 32.1. The second-order valence-electron chi connectivity index (χ2n) is 4.61. The third-order valence-electron chi connectivity index (χ3n) is 3.11. The molecule has 2 heteroatoms. The topological polar surface area (TPSA) is 12.9 Å².